The van der Waals surface area contributed by atoms with Crippen molar-refractivity contribution in [3.63, 3.8) is 0 Å². The van der Waals surface area contributed by atoms with Gasteiger partial charge in [0.05, 0.1) is 6.42 Å². The number of hydrogen-bond acceptors (Lipinski definition) is 4. The molecule has 2 N–H and O–H groups in total. The van der Waals surface area contributed by atoms with Gasteiger partial charge in [0.15, 0.2) is 12.4 Å². The van der Waals surface area contributed by atoms with Gasteiger partial charge in [-0.2, -0.15) is 0 Å². The third kappa shape index (κ3) is 8.29. The van der Waals surface area contributed by atoms with Crippen molar-refractivity contribution in [2.75, 3.05) is 17.2 Å². The Kier molecular flexibility index (Phi) is 10.1. The monoisotopic (exact) mass is 556 g/mol. The fourth-order valence-corrected chi connectivity index (χ4v) is 4.48. The minimum Gasteiger partial charge on any atom is -0.483 e. The quantitative estimate of drug-likeness (QED) is 0.175. The molecule has 0 aliphatic rings. The molecule has 41 heavy (non-hydrogen) atoms. The normalized spacial score (nSPS) is 11.6. The Balaban J connectivity index is 1.60. The SMILES string of the molecule is CCC(C)(C)c1ccc(OCC(=O)Nc2ccc(C(=O)CC(=O)Nc3ccc(C)cc3C)cc2)c(C(C)(C)CC)c1. The molecule has 0 aliphatic heterocycles. The molecule has 0 radical (unpaired) electrons. The molecule has 0 unspecified atom stereocenters. The molecule has 0 spiro atoms. The van der Waals surface area contributed by atoms with Crippen molar-refractivity contribution in [3.8, 4) is 5.75 Å². The highest BCUT2D eigenvalue weighted by Gasteiger charge is 2.27. The number of ketones is 1. The first kappa shape index (κ1) is 31.6. The van der Waals surface area contributed by atoms with Gasteiger partial charge in [0.25, 0.3) is 5.91 Å². The summed E-state index contributed by atoms with van der Waals surface area (Å²) in [5, 5.41) is 5.63. The zero-order valence-electron chi connectivity index (χ0n) is 25.7. The van der Waals surface area contributed by atoms with Gasteiger partial charge < -0.3 is 15.4 Å². The van der Waals surface area contributed by atoms with Gasteiger partial charge in [-0.05, 0) is 85.0 Å². The molecular weight excluding hydrogens is 512 g/mol. The van der Waals surface area contributed by atoms with Gasteiger partial charge in [0.2, 0.25) is 5.91 Å². The van der Waals surface area contributed by atoms with Crippen LogP contribution in [0.25, 0.3) is 0 Å². The first-order chi connectivity index (χ1) is 19.3. The number of rotatable bonds is 12. The lowest BCUT2D eigenvalue weighted by atomic mass is 9.76. The fourth-order valence-electron chi connectivity index (χ4n) is 4.48. The Hall–Kier alpha value is -3.93. The van der Waals surface area contributed by atoms with E-state index >= 15 is 0 Å². The third-order valence-corrected chi connectivity index (χ3v) is 8.08. The summed E-state index contributed by atoms with van der Waals surface area (Å²) >= 11 is 0. The molecule has 6 heteroatoms. The molecule has 3 rings (SSSR count). The maximum Gasteiger partial charge on any atom is 0.262 e. The van der Waals surface area contributed by atoms with Crippen molar-refractivity contribution in [2.24, 2.45) is 0 Å². The molecule has 0 atom stereocenters. The van der Waals surface area contributed by atoms with E-state index in [0.717, 1.165) is 29.5 Å². The van der Waals surface area contributed by atoms with Crippen LogP contribution in [0.15, 0.2) is 60.7 Å². The van der Waals surface area contributed by atoms with Gasteiger partial charge in [0.1, 0.15) is 5.75 Å². The van der Waals surface area contributed by atoms with Crippen LogP contribution in [0.5, 0.6) is 5.75 Å². The van der Waals surface area contributed by atoms with Gasteiger partial charge >= 0.3 is 0 Å². The number of carbonyl (C=O) groups excluding carboxylic acids is 3. The number of carbonyl (C=O) groups is 3. The first-order valence-corrected chi connectivity index (χ1v) is 14.3. The average Bonchev–Trinajstić information content (AvgIpc) is 2.93. The summed E-state index contributed by atoms with van der Waals surface area (Å²) in [5.41, 5.74) is 5.97. The number of anilines is 2. The highest BCUT2D eigenvalue weighted by molar-refractivity contribution is 6.11. The van der Waals surface area contributed by atoms with Crippen molar-refractivity contribution in [3.05, 3.63) is 88.5 Å². The highest BCUT2D eigenvalue weighted by atomic mass is 16.5. The fraction of sp³-hybridized carbons (Fsp3) is 0.400. The Bertz CT molecular complexity index is 1400. The van der Waals surface area contributed by atoms with E-state index in [4.69, 9.17) is 4.74 Å². The summed E-state index contributed by atoms with van der Waals surface area (Å²) in [6.45, 7) is 16.9. The van der Waals surface area contributed by atoms with E-state index in [9.17, 15) is 14.4 Å². The van der Waals surface area contributed by atoms with E-state index in [0.29, 0.717) is 22.7 Å². The largest absolute Gasteiger partial charge is 0.483 e. The molecule has 0 saturated heterocycles. The van der Waals surface area contributed by atoms with Crippen LogP contribution in [0.1, 0.15) is 93.4 Å². The van der Waals surface area contributed by atoms with Gasteiger partial charge in [-0.1, -0.05) is 71.4 Å². The number of amides is 2. The summed E-state index contributed by atoms with van der Waals surface area (Å²) in [6, 6.07) is 18.5. The number of ether oxygens (including phenoxy) is 1. The number of benzene rings is 3. The second-order valence-corrected chi connectivity index (χ2v) is 12.1. The molecule has 6 nitrogen and oxygen atoms in total. The molecule has 0 fully saturated rings. The second kappa shape index (κ2) is 13.2. The lowest BCUT2D eigenvalue weighted by molar-refractivity contribution is -0.118. The molecule has 0 bridgehead atoms. The van der Waals surface area contributed by atoms with Crippen molar-refractivity contribution in [1.82, 2.24) is 0 Å². The molecule has 3 aromatic carbocycles. The van der Waals surface area contributed by atoms with Crippen LogP contribution in [-0.4, -0.2) is 24.2 Å². The van der Waals surface area contributed by atoms with E-state index in [2.05, 4.69) is 64.3 Å². The predicted molar refractivity (Wildman–Crippen MR) is 167 cm³/mol. The number of nitrogens with one attached hydrogen (secondary N) is 2. The topological polar surface area (TPSA) is 84.5 Å². The molecular formula is C35H44N2O4. The maximum atomic E-state index is 12.7. The van der Waals surface area contributed by atoms with Crippen molar-refractivity contribution < 1.29 is 19.1 Å². The van der Waals surface area contributed by atoms with Crippen LogP contribution < -0.4 is 15.4 Å². The number of aryl methyl sites for hydroxylation is 2. The lowest BCUT2D eigenvalue weighted by Crippen LogP contribution is -2.24. The summed E-state index contributed by atoms with van der Waals surface area (Å²) < 4.78 is 6.02. The second-order valence-electron chi connectivity index (χ2n) is 12.1. The van der Waals surface area contributed by atoms with E-state index in [1.807, 2.05) is 38.1 Å². The van der Waals surface area contributed by atoms with Crippen molar-refractivity contribution in [2.45, 2.75) is 85.5 Å². The minimum atomic E-state index is -0.367. The third-order valence-electron chi connectivity index (χ3n) is 8.08. The van der Waals surface area contributed by atoms with Crippen LogP contribution in [0.4, 0.5) is 11.4 Å². The molecule has 2 amide bonds. The van der Waals surface area contributed by atoms with Gasteiger partial charge in [0, 0.05) is 22.5 Å². The van der Waals surface area contributed by atoms with Gasteiger partial charge in [-0.15, -0.1) is 0 Å². The highest BCUT2D eigenvalue weighted by Crippen LogP contribution is 2.38. The Labute approximate surface area is 244 Å². The Morgan fingerprint density at radius 1 is 0.756 bits per heavy atom. The molecule has 0 aliphatic carbocycles. The Morgan fingerprint density at radius 3 is 2.02 bits per heavy atom. The zero-order valence-corrected chi connectivity index (χ0v) is 25.7. The summed E-state index contributed by atoms with van der Waals surface area (Å²) in [7, 11) is 0. The Morgan fingerprint density at radius 2 is 1.41 bits per heavy atom. The average molecular weight is 557 g/mol. The first-order valence-electron chi connectivity index (χ1n) is 14.3. The van der Waals surface area contributed by atoms with Crippen LogP contribution in [0.2, 0.25) is 0 Å². The number of hydrogen-bond donors (Lipinski definition) is 2. The van der Waals surface area contributed by atoms with Crippen molar-refractivity contribution >= 4 is 29.0 Å². The predicted octanol–water partition coefficient (Wildman–Crippen LogP) is 7.91. The number of Topliss-reactive ketones (excluding diaryl/α,β-unsaturated/α-hetero) is 1. The molecule has 0 aromatic heterocycles. The summed E-state index contributed by atoms with van der Waals surface area (Å²) in [5.74, 6) is -0.250. The molecule has 0 heterocycles. The maximum absolute atomic E-state index is 12.7. The standard InChI is InChI=1S/C35H44N2O4/c1-9-34(5,6)26-14-18-31(28(20-26)35(7,8)10-2)41-22-33(40)36-27-15-12-25(13-16-27)30(38)21-32(39)37-29-17-11-23(3)19-24(29)4/h11-20H,9-10,21-22H2,1-8H3,(H,36,40)(H,37,39). The van der Waals surface area contributed by atoms with E-state index in [1.54, 1.807) is 24.3 Å². The van der Waals surface area contributed by atoms with Gasteiger partial charge in [-0.25, -0.2) is 0 Å². The summed E-state index contributed by atoms with van der Waals surface area (Å²) in [6.07, 6.45) is 1.69. The minimum absolute atomic E-state index is 0.0476. The van der Waals surface area contributed by atoms with Crippen LogP contribution >= 0.6 is 0 Å². The van der Waals surface area contributed by atoms with Gasteiger partial charge in [-0.3, -0.25) is 14.4 Å². The zero-order chi connectivity index (χ0) is 30.4. The van der Waals surface area contributed by atoms with E-state index in [1.165, 1.54) is 5.56 Å². The molecule has 0 saturated carbocycles. The molecule has 3 aromatic rings. The van der Waals surface area contributed by atoms with Crippen LogP contribution in [0.3, 0.4) is 0 Å². The van der Waals surface area contributed by atoms with Crippen LogP contribution in [0, 0.1) is 13.8 Å². The van der Waals surface area contributed by atoms with E-state index in [-0.39, 0.29) is 41.5 Å². The van der Waals surface area contributed by atoms with Crippen LogP contribution in [-0.2, 0) is 20.4 Å². The van der Waals surface area contributed by atoms with E-state index < -0.39 is 0 Å². The summed E-state index contributed by atoms with van der Waals surface area (Å²) in [4.78, 5) is 37.8. The smallest absolute Gasteiger partial charge is 0.262 e. The molecule has 218 valence electrons. The lowest BCUT2D eigenvalue weighted by Gasteiger charge is -2.30. The van der Waals surface area contributed by atoms with Crippen molar-refractivity contribution in [1.29, 1.82) is 0 Å².